The van der Waals surface area contributed by atoms with Crippen LogP contribution in [0.4, 0.5) is 0 Å². The smallest absolute Gasteiger partial charge is 0.0842 e. The first-order valence-corrected chi connectivity index (χ1v) is 5.80. The molecular weight excluding hydrogens is 196 g/mol. The molecule has 1 aromatic rings. The number of aromatic nitrogens is 1. The van der Waals surface area contributed by atoms with Gasteiger partial charge in [0.2, 0.25) is 0 Å². The summed E-state index contributed by atoms with van der Waals surface area (Å²) in [5.41, 5.74) is 1.12. The first kappa shape index (κ1) is 11.1. The largest absolute Gasteiger partial charge is 0.264 e. The van der Waals surface area contributed by atoms with Crippen molar-refractivity contribution in [2.45, 2.75) is 39.0 Å². The lowest BCUT2D eigenvalue weighted by molar-refractivity contribution is 0.0781. The zero-order chi connectivity index (χ0) is 11.8. The SMILES string of the molecule is CC(C)(C)C1CC(C#N)(c2cccnc2)C1. The molecule has 16 heavy (non-hydrogen) atoms. The topological polar surface area (TPSA) is 36.7 Å². The number of rotatable bonds is 1. The Morgan fingerprint density at radius 3 is 2.56 bits per heavy atom. The minimum absolute atomic E-state index is 0.272. The fraction of sp³-hybridized carbons (Fsp3) is 0.571. The van der Waals surface area contributed by atoms with Crippen LogP contribution in [-0.4, -0.2) is 4.98 Å². The van der Waals surface area contributed by atoms with Gasteiger partial charge in [0.15, 0.2) is 0 Å². The van der Waals surface area contributed by atoms with Crippen LogP contribution in [0.25, 0.3) is 0 Å². The Morgan fingerprint density at radius 2 is 2.12 bits per heavy atom. The lowest BCUT2D eigenvalue weighted by atomic mass is 9.53. The average Bonchev–Trinajstić information content (AvgIpc) is 2.16. The van der Waals surface area contributed by atoms with E-state index in [1.807, 2.05) is 18.3 Å². The third kappa shape index (κ3) is 1.71. The molecule has 2 rings (SSSR count). The van der Waals surface area contributed by atoms with Crippen molar-refractivity contribution in [3.63, 3.8) is 0 Å². The van der Waals surface area contributed by atoms with E-state index in [1.54, 1.807) is 6.20 Å². The maximum Gasteiger partial charge on any atom is 0.0842 e. The van der Waals surface area contributed by atoms with Gasteiger partial charge in [-0.05, 0) is 35.8 Å². The number of nitrogens with zero attached hydrogens (tertiary/aromatic N) is 2. The predicted octanol–water partition coefficient (Wildman–Crippen LogP) is 3.30. The number of pyridine rings is 1. The van der Waals surface area contributed by atoms with Crippen molar-refractivity contribution < 1.29 is 0 Å². The molecule has 0 unspecified atom stereocenters. The highest BCUT2D eigenvalue weighted by atomic mass is 14.6. The zero-order valence-electron chi connectivity index (χ0n) is 10.2. The van der Waals surface area contributed by atoms with Crippen molar-refractivity contribution in [1.29, 1.82) is 5.26 Å². The fourth-order valence-corrected chi connectivity index (χ4v) is 2.43. The maximum absolute atomic E-state index is 9.40. The van der Waals surface area contributed by atoms with Crippen LogP contribution in [-0.2, 0) is 5.41 Å². The van der Waals surface area contributed by atoms with Gasteiger partial charge < -0.3 is 0 Å². The molecule has 1 aromatic heterocycles. The third-order valence-electron chi connectivity index (χ3n) is 3.84. The van der Waals surface area contributed by atoms with E-state index >= 15 is 0 Å². The number of nitriles is 1. The Hall–Kier alpha value is -1.36. The third-order valence-corrected chi connectivity index (χ3v) is 3.84. The first-order chi connectivity index (χ1) is 7.48. The molecule has 84 valence electrons. The summed E-state index contributed by atoms with van der Waals surface area (Å²) in [6.45, 7) is 6.76. The van der Waals surface area contributed by atoms with Gasteiger partial charge in [-0.1, -0.05) is 26.8 Å². The highest BCUT2D eigenvalue weighted by molar-refractivity contribution is 5.34. The second kappa shape index (κ2) is 3.59. The van der Waals surface area contributed by atoms with E-state index in [2.05, 4.69) is 31.8 Å². The van der Waals surface area contributed by atoms with Gasteiger partial charge in [-0.15, -0.1) is 0 Å². The number of hydrogen-bond acceptors (Lipinski definition) is 2. The summed E-state index contributed by atoms with van der Waals surface area (Å²) >= 11 is 0. The Kier molecular flexibility index (Phi) is 2.50. The lowest BCUT2D eigenvalue weighted by Crippen LogP contribution is -2.45. The van der Waals surface area contributed by atoms with Gasteiger partial charge in [-0.2, -0.15) is 5.26 Å². The molecule has 0 radical (unpaired) electrons. The summed E-state index contributed by atoms with van der Waals surface area (Å²) in [7, 11) is 0. The molecule has 0 aliphatic heterocycles. The van der Waals surface area contributed by atoms with Crippen LogP contribution in [0.1, 0.15) is 39.2 Å². The second-order valence-corrected chi connectivity index (χ2v) is 5.91. The van der Waals surface area contributed by atoms with E-state index in [-0.39, 0.29) is 5.41 Å². The Balaban J connectivity index is 2.19. The molecule has 0 N–H and O–H groups in total. The highest BCUT2D eigenvalue weighted by Crippen LogP contribution is 2.53. The summed E-state index contributed by atoms with van der Waals surface area (Å²) in [5.74, 6) is 0.646. The standard InChI is InChI=1S/C14H18N2/c1-13(2,3)12-7-14(8-12,10-15)11-5-4-6-16-9-11/h4-6,9,12H,7-8H2,1-3H3. The average molecular weight is 214 g/mol. The van der Waals surface area contributed by atoms with Crippen molar-refractivity contribution in [2.24, 2.45) is 11.3 Å². The minimum atomic E-state index is -0.272. The van der Waals surface area contributed by atoms with Gasteiger partial charge in [-0.3, -0.25) is 4.98 Å². The molecule has 2 heteroatoms. The molecule has 1 heterocycles. The molecule has 0 aromatic carbocycles. The van der Waals surface area contributed by atoms with Crippen LogP contribution in [0.2, 0.25) is 0 Å². The van der Waals surface area contributed by atoms with Crippen molar-refractivity contribution in [3.8, 4) is 6.07 Å². The van der Waals surface area contributed by atoms with Crippen LogP contribution in [0.15, 0.2) is 24.5 Å². The molecule has 1 fully saturated rings. The lowest BCUT2D eigenvalue weighted by Gasteiger charge is -2.49. The van der Waals surface area contributed by atoms with E-state index in [0.29, 0.717) is 11.3 Å². The molecular formula is C14H18N2. The molecule has 0 bridgehead atoms. The van der Waals surface area contributed by atoms with Crippen LogP contribution in [0, 0.1) is 22.7 Å². The summed E-state index contributed by atoms with van der Waals surface area (Å²) in [6, 6.07) is 6.43. The van der Waals surface area contributed by atoms with Crippen molar-refractivity contribution in [2.75, 3.05) is 0 Å². The van der Waals surface area contributed by atoms with E-state index in [4.69, 9.17) is 0 Å². The molecule has 1 aliphatic rings. The molecule has 1 aliphatic carbocycles. The normalized spacial score (nSPS) is 29.2. The Morgan fingerprint density at radius 1 is 1.44 bits per heavy atom. The van der Waals surface area contributed by atoms with Crippen molar-refractivity contribution >= 4 is 0 Å². The number of hydrogen-bond donors (Lipinski definition) is 0. The Labute approximate surface area is 97.3 Å². The quantitative estimate of drug-likeness (QED) is 0.719. The molecule has 1 saturated carbocycles. The van der Waals surface area contributed by atoms with Crippen LogP contribution in [0.3, 0.4) is 0 Å². The second-order valence-electron chi connectivity index (χ2n) is 5.91. The summed E-state index contributed by atoms with van der Waals surface area (Å²) in [5, 5.41) is 9.40. The predicted molar refractivity (Wildman–Crippen MR) is 63.7 cm³/mol. The van der Waals surface area contributed by atoms with E-state index in [1.165, 1.54) is 0 Å². The highest BCUT2D eigenvalue weighted by Gasteiger charge is 2.50. The fourth-order valence-electron chi connectivity index (χ4n) is 2.43. The molecule has 0 saturated heterocycles. The first-order valence-electron chi connectivity index (χ1n) is 5.80. The molecule has 0 amide bonds. The van der Waals surface area contributed by atoms with Crippen LogP contribution >= 0.6 is 0 Å². The van der Waals surface area contributed by atoms with E-state index in [0.717, 1.165) is 18.4 Å². The maximum atomic E-state index is 9.40. The summed E-state index contributed by atoms with van der Waals surface area (Å²) in [6.07, 6.45) is 5.54. The van der Waals surface area contributed by atoms with Gasteiger partial charge in [0, 0.05) is 12.4 Å². The van der Waals surface area contributed by atoms with Gasteiger partial charge in [-0.25, -0.2) is 0 Å². The van der Waals surface area contributed by atoms with Crippen molar-refractivity contribution in [3.05, 3.63) is 30.1 Å². The minimum Gasteiger partial charge on any atom is -0.264 e. The van der Waals surface area contributed by atoms with E-state index < -0.39 is 0 Å². The van der Waals surface area contributed by atoms with Crippen molar-refractivity contribution in [1.82, 2.24) is 4.98 Å². The van der Waals surface area contributed by atoms with Gasteiger partial charge in [0.1, 0.15) is 0 Å². The van der Waals surface area contributed by atoms with Gasteiger partial charge >= 0.3 is 0 Å². The van der Waals surface area contributed by atoms with E-state index in [9.17, 15) is 5.26 Å². The van der Waals surface area contributed by atoms with Gasteiger partial charge in [0.05, 0.1) is 11.5 Å². The van der Waals surface area contributed by atoms with Gasteiger partial charge in [0.25, 0.3) is 0 Å². The monoisotopic (exact) mass is 214 g/mol. The summed E-state index contributed by atoms with van der Waals surface area (Å²) in [4.78, 5) is 4.12. The molecule has 0 spiro atoms. The summed E-state index contributed by atoms with van der Waals surface area (Å²) < 4.78 is 0. The molecule has 0 atom stereocenters. The van der Waals surface area contributed by atoms with Crippen LogP contribution < -0.4 is 0 Å². The zero-order valence-corrected chi connectivity index (χ0v) is 10.2. The van der Waals surface area contributed by atoms with Crippen LogP contribution in [0.5, 0.6) is 0 Å². The molecule has 2 nitrogen and oxygen atoms in total. The Bertz CT molecular complexity index is 403.